The summed E-state index contributed by atoms with van der Waals surface area (Å²) in [6.45, 7) is 4.83. The van der Waals surface area contributed by atoms with Crippen molar-refractivity contribution in [2.45, 2.75) is 20.3 Å². The number of carbonyl (C=O) groups is 1. The average Bonchev–Trinajstić information content (AvgIpc) is 2.20. The molecule has 0 unspecified atom stereocenters. The van der Waals surface area contributed by atoms with E-state index in [1.165, 1.54) is 6.07 Å². The zero-order valence-electron chi connectivity index (χ0n) is 9.37. The van der Waals surface area contributed by atoms with E-state index >= 15 is 0 Å². The van der Waals surface area contributed by atoms with E-state index < -0.39 is 5.97 Å². The lowest BCUT2D eigenvalue weighted by atomic mass is 10.1. The first-order valence-corrected chi connectivity index (χ1v) is 5.95. The molecule has 0 atom stereocenters. The zero-order valence-corrected chi connectivity index (χ0v) is 11.0. The van der Waals surface area contributed by atoms with Gasteiger partial charge in [-0.2, -0.15) is 0 Å². The molecule has 0 amide bonds. The predicted octanol–water partition coefficient (Wildman–Crippen LogP) is 3.57. The minimum Gasteiger partial charge on any atom is -0.492 e. The van der Waals surface area contributed by atoms with Gasteiger partial charge in [0.2, 0.25) is 0 Å². The van der Waals surface area contributed by atoms with Gasteiger partial charge in [0, 0.05) is 0 Å². The minimum atomic E-state index is -0.943. The van der Waals surface area contributed by atoms with Gasteiger partial charge in [0.05, 0.1) is 16.6 Å². The molecular weight excluding hydrogens is 272 g/mol. The molecule has 3 nitrogen and oxygen atoms in total. The smallest absolute Gasteiger partial charge is 0.335 e. The highest BCUT2D eigenvalue weighted by Gasteiger charge is 2.08. The Hall–Kier alpha value is -1.03. The average molecular weight is 287 g/mol. The van der Waals surface area contributed by atoms with Crippen LogP contribution in [0.25, 0.3) is 0 Å². The van der Waals surface area contributed by atoms with Crippen molar-refractivity contribution in [1.29, 1.82) is 0 Å². The van der Waals surface area contributed by atoms with Gasteiger partial charge in [-0.15, -0.1) is 0 Å². The van der Waals surface area contributed by atoms with Crippen LogP contribution in [0.5, 0.6) is 5.75 Å². The predicted molar refractivity (Wildman–Crippen MR) is 66.1 cm³/mol. The molecule has 16 heavy (non-hydrogen) atoms. The molecule has 0 spiro atoms. The molecule has 0 aliphatic rings. The van der Waals surface area contributed by atoms with Gasteiger partial charge < -0.3 is 9.84 Å². The van der Waals surface area contributed by atoms with Crippen LogP contribution in [0.1, 0.15) is 30.6 Å². The number of halogens is 1. The Morgan fingerprint density at radius 1 is 1.50 bits per heavy atom. The number of aromatic carboxylic acids is 1. The Bertz CT molecular complexity index is 375. The molecule has 0 aliphatic carbocycles. The lowest BCUT2D eigenvalue weighted by molar-refractivity contribution is 0.0696. The maximum Gasteiger partial charge on any atom is 0.335 e. The summed E-state index contributed by atoms with van der Waals surface area (Å²) in [6, 6.07) is 4.77. The first kappa shape index (κ1) is 13.0. The summed E-state index contributed by atoms with van der Waals surface area (Å²) in [5.74, 6) is 0.211. The molecule has 4 heteroatoms. The van der Waals surface area contributed by atoms with Crippen molar-refractivity contribution in [2.75, 3.05) is 6.61 Å². The molecule has 1 aromatic rings. The van der Waals surface area contributed by atoms with Crippen LogP contribution >= 0.6 is 15.9 Å². The molecule has 0 bridgehead atoms. The van der Waals surface area contributed by atoms with E-state index in [1.54, 1.807) is 12.1 Å². The van der Waals surface area contributed by atoms with Crippen LogP contribution < -0.4 is 4.74 Å². The number of hydrogen-bond donors (Lipinski definition) is 1. The molecule has 1 N–H and O–H groups in total. The maximum atomic E-state index is 10.8. The minimum absolute atomic E-state index is 0.239. The second-order valence-electron chi connectivity index (χ2n) is 3.98. The van der Waals surface area contributed by atoms with Gasteiger partial charge in [-0.1, -0.05) is 13.8 Å². The number of benzene rings is 1. The van der Waals surface area contributed by atoms with Crippen LogP contribution in [0.4, 0.5) is 0 Å². The normalized spacial score (nSPS) is 10.5. The molecule has 0 saturated heterocycles. The van der Waals surface area contributed by atoms with Gasteiger partial charge in [-0.05, 0) is 46.5 Å². The lowest BCUT2D eigenvalue weighted by Crippen LogP contribution is -2.03. The summed E-state index contributed by atoms with van der Waals surface area (Å²) in [7, 11) is 0. The highest BCUT2D eigenvalue weighted by Crippen LogP contribution is 2.26. The van der Waals surface area contributed by atoms with Crippen molar-refractivity contribution < 1.29 is 14.6 Å². The van der Waals surface area contributed by atoms with Gasteiger partial charge in [0.25, 0.3) is 0 Å². The SMILES string of the molecule is CC(C)CCOc1cc(C(=O)O)ccc1Br. The van der Waals surface area contributed by atoms with Gasteiger partial charge in [-0.3, -0.25) is 0 Å². The van der Waals surface area contributed by atoms with E-state index in [1.807, 2.05) is 0 Å². The Morgan fingerprint density at radius 3 is 2.75 bits per heavy atom. The third-order valence-corrected chi connectivity index (χ3v) is 2.79. The topological polar surface area (TPSA) is 46.5 Å². The van der Waals surface area contributed by atoms with E-state index in [-0.39, 0.29) is 5.56 Å². The van der Waals surface area contributed by atoms with Gasteiger partial charge >= 0.3 is 5.97 Å². The Balaban J connectivity index is 2.70. The molecule has 1 aromatic carbocycles. The molecule has 88 valence electrons. The fraction of sp³-hybridized carbons (Fsp3) is 0.417. The van der Waals surface area contributed by atoms with Crippen LogP contribution in [-0.2, 0) is 0 Å². The van der Waals surface area contributed by atoms with Crippen LogP contribution in [-0.4, -0.2) is 17.7 Å². The van der Waals surface area contributed by atoms with Gasteiger partial charge in [0.1, 0.15) is 5.75 Å². The molecule has 0 fully saturated rings. The van der Waals surface area contributed by atoms with Crippen molar-refractivity contribution in [3.05, 3.63) is 28.2 Å². The van der Waals surface area contributed by atoms with Crippen LogP contribution in [0.2, 0.25) is 0 Å². The monoisotopic (exact) mass is 286 g/mol. The van der Waals surface area contributed by atoms with Crippen LogP contribution in [0, 0.1) is 5.92 Å². The van der Waals surface area contributed by atoms with E-state index in [0.29, 0.717) is 18.3 Å². The lowest BCUT2D eigenvalue weighted by Gasteiger charge is -2.10. The molecule has 1 rings (SSSR count). The number of ether oxygens (including phenoxy) is 1. The fourth-order valence-electron chi connectivity index (χ4n) is 1.15. The van der Waals surface area contributed by atoms with Crippen molar-refractivity contribution in [1.82, 2.24) is 0 Å². The van der Waals surface area contributed by atoms with Crippen molar-refractivity contribution >= 4 is 21.9 Å². The Kier molecular flexibility index (Phi) is 4.80. The van der Waals surface area contributed by atoms with E-state index in [4.69, 9.17) is 9.84 Å². The van der Waals surface area contributed by atoms with E-state index in [2.05, 4.69) is 29.8 Å². The summed E-state index contributed by atoms with van der Waals surface area (Å²) in [5, 5.41) is 8.84. The molecule has 0 aliphatic heterocycles. The fourth-order valence-corrected chi connectivity index (χ4v) is 1.51. The van der Waals surface area contributed by atoms with Crippen molar-refractivity contribution in [3.63, 3.8) is 0 Å². The van der Waals surface area contributed by atoms with Gasteiger partial charge in [-0.25, -0.2) is 4.79 Å². The number of hydrogen-bond acceptors (Lipinski definition) is 2. The van der Waals surface area contributed by atoms with Crippen LogP contribution in [0.15, 0.2) is 22.7 Å². The first-order valence-electron chi connectivity index (χ1n) is 5.16. The number of carboxylic acids is 1. The summed E-state index contributed by atoms with van der Waals surface area (Å²) in [6.07, 6.45) is 0.948. The first-order chi connectivity index (χ1) is 7.50. The quantitative estimate of drug-likeness (QED) is 0.900. The third-order valence-electron chi connectivity index (χ3n) is 2.13. The molecule has 0 radical (unpaired) electrons. The van der Waals surface area contributed by atoms with Crippen molar-refractivity contribution in [2.24, 2.45) is 5.92 Å². The highest BCUT2D eigenvalue weighted by atomic mass is 79.9. The third kappa shape index (κ3) is 3.85. The Morgan fingerprint density at radius 2 is 2.19 bits per heavy atom. The highest BCUT2D eigenvalue weighted by molar-refractivity contribution is 9.10. The molecule has 0 heterocycles. The van der Waals surface area contributed by atoms with Gasteiger partial charge in [0.15, 0.2) is 0 Å². The molecule has 0 saturated carbocycles. The zero-order chi connectivity index (χ0) is 12.1. The second kappa shape index (κ2) is 5.89. The summed E-state index contributed by atoms with van der Waals surface area (Å²) >= 11 is 3.33. The van der Waals surface area contributed by atoms with E-state index in [9.17, 15) is 4.79 Å². The summed E-state index contributed by atoms with van der Waals surface area (Å²) in [4.78, 5) is 10.8. The summed E-state index contributed by atoms with van der Waals surface area (Å²) < 4.78 is 6.31. The molecular formula is C12H15BrO3. The summed E-state index contributed by atoms with van der Waals surface area (Å²) in [5.41, 5.74) is 0.239. The van der Waals surface area contributed by atoms with Crippen molar-refractivity contribution in [3.8, 4) is 5.75 Å². The van der Waals surface area contributed by atoms with E-state index in [0.717, 1.165) is 10.9 Å². The number of carboxylic acid groups (broad SMARTS) is 1. The standard InChI is InChI=1S/C12H15BrO3/c1-8(2)5-6-16-11-7-9(12(14)15)3-4-10(11)13/h3-4,7-8H,5-6H2,1-2H3,(H,14,15). The maximum absolute atomic E-state index is 10.8. The Labute approximate surface area is 104 Å². The molecule has 0 aromatic heterocycles. The largest absolute Gasteiger partial charge is 0.492 e. The second-order valence-corrected chi connectivity index (χ2v) is 4.84. The van der Waals surface area contributed by atoms with Crippen LogP contribution in [0.3, 0.4) is 0 Å². The number of rotatable bonds is 5.